The van der Waals surface area contributed by atoms with E-state index in [0.717, 1.165) is 2.70 Å². The molecule has 0 bridgehead atoms. The van der Waals surface area contributed by atoms with Gasteiger partial charge in [-0.05, 0) is 0 Å². The van der Waals surface area contributed by atoms with Gasteiger partial charge in [0.2, 0.25) is 0 Å². The molecule has 0 amide bonds. The third kappa shape index (κ3) is 9.84. The topological polar surface area (TPSA) is 82.1 Å². The zero-order chi connectivity index (χ0) is 15.8. The normalized spacial score (nSPS) is 14.8. The molecule has 0 spiro atoms. The van der Waals surface area contributed by atoms with Crippen molar-refractivity contribution in [1.82, 2.24) is 0 Å². The zero-order valence-electron chi connectivity index (χ0n) is 12.3. The van der Waals surface area contributed by atoms with Crippen molar-refractivity contribution in [3.63, 3.8) is 0 Å². The molecule has 0 aromatic heterocycles. The molecule has 0 aliphatic carbocycles. The van der Waals surface area contributed by atoms with E-state index in [4.69, 9.17) is 13.8 Å². The molecule has 0 fully saturated rings. The number of nitrogens with zero attached hydrogens (tertiary/aromatic N) is 1. The third-order valence-electron chi connectivity index (χ3n) is 2.25. The number of hydrogen-bond donors (Lipinski definition) is 1. The first kappa shape index (κ1) is 20.0. The van der Waals surface area contributed by atoms with Gasteiger partial charge in [-0.3, -0.25) is 0 Å². The van der Waals surface area contributed by atoms with Gasteiger partial charge in [-0.2, -0.15) is 0 Å². The predicted molar refractivity (Wildman–Crippen MR) is 70.4 cm³/mol. The minimum absolute atomic E-state index is 0.0369. The van der Waals surface area contributed by atoms with E-state index in [0.29, 0.717) is 6.54 Å². The Morgan fingerprint density at radius 1 is 1.30 bits per heavy atom. The van der Waals surface area contributed by atoms with Crippen molar-refractivity contribution in [3.05, 3.63) is 12.2 Å². The first-order valence-electron chi connectivity index (χ1n) is 5.88. The summed E-state index contributed by atoms with van der Waals surface area (Å²) in [5, 5.41) is 0. The summed E-state index contributed by atoms with van der Waals surface area (Å²) in [5.74, 6) is -0.562. The molecular formula is C11H23INO6P. The van der Waals surface area contributed by atoms with Crippen LogP contribution in [0.5, 0.6) is 0 Å². The molecule has 0 aromatic rings. The van der Waals surface area contributed by atoms with Gasteiger partial charge >= 0.3 is 130 Å². The van der Waals surface area contributed by atoms with Gasteiger partial charge in [-0.15, -0.1) is 0 Å². The SMILES string of the molecule is C=C(C)C(=O)OCCOP(=O)(O)OCC[N+](C)(C)[I-]C. The Morgan fingerprint density at radius 3 is 2.35 bits per heavy atom. The monoisotopic (exact) mass is 423 g/mol. The van der Waals surface area contributed by atoms with Crippen molar-refractivity contribution < 1.29 is 52.2 Å². The average molecular weight is 423 g/mol. The molecule has 0 aliphatic rings. The van der Waals surface area contributed by atoms with E-state index in [-0.39, 0.29) is 46.9 Å². The molecule has 0 saturated heterocycles. The Labute approximate surface area is 130 Å². The molecule has 120 valence electrons. The number of phosphoric ester groups is 1. The van der Waals surface area contributed by atoms with Crippen molar-refractivity contribution in [2.75, 3.05) is 45.4 Å². The summed E-state index contributed by atoms with van der Waals surface area (Å²) >= 11 is -0.0369. The molecule has 20 heavy (non-hydrogen) atoms. The molecule has 0 heterocycles. The quantitative estimate of drug-likeness (QED) is 0.0829. The van der Waals surface area contributed by atoms with E-state index in [1.807, 2.05) is 14.1 Å². The van der Waals surface area contributed by atoms with Crippen LogP contribution in [0.3, 0.4) is 0 Å². The summed E-state index contributed by atoms with van der Waals surface area (Å²) in [5.41, 5.74) is 0.260. The Kier molecular flexibility index (Phi) is 9.12. The minimum atomic E-state index is -4.08. The second-order valence-corrected chi connectivity index (χ2v) is 9.51. The third-order valence-corrected chi connectivity index (χ3v) is 6.37. The van der Waals surface area contributed by atoms with Crippen LogP contribution in [0.15, 0.2) is 12.2 Å². The number of likely N-dealkylation sites (N-methyl/N-ethyl adjacent to an activating group) is 1. The van der Waals surface area contributed by atoms with Gasteiger partial charge in [0.1, 0.15) is 0 Å². The van der Waals surface area contributed by atoms with Crippen molar-refractivity contribution in [1.29, 1.82) is 0 Å². The first-order chi connectivity index (χ1) is 9.09. The fraction of sp³-hybridized carbons (Fsp3) is 0.727. The van der Waals surface area contributed by atoms with Crippen LogP contribution in [0.25, 0.3) is 0 Å². The standard InChI is InChI=1S/C11H23INO6P/c1-10(2)11(14)17-8-9-19-20(15,16)18-7-6-13(4,5)12-3/h1,6-9H2,2-5H3,(H,15,16). The molecule has 7 nitrogen and oxygen atoms in total. The summed E-state index contributed by atoms with van der Waals surface area (Å²) in [4.78, 5) is 22.6. The first-order valence-corrected chi connectivity index (χ1v) is 10.5. The van der Waals surface area contributed by atoms with Crippen LogP contribution in [0.1, 0.15) is 6.92 Å². The van der Waals surface area contributed by atoms with E-state index in [1.54, 1.807) is 0 Å². The number of carbonyl (C=O) groups is 1. The second kappa shape index (κ2) is 9.11. The summed E-state index contributed by atoms with van der Waals surface area (Å²) < 4.78 is 26.6. The molecule has 1 atom stereocenters. The van der Waals surface area contributed by atoms with Crippen LogP contribution in [0, 0.1) is 0 Å². The van der Waals surface area contributed by atoms with Crippen LogP contribution in [0.2, 0.25) is 0 Å². The van der Waals surface area contributed by atoms with Crippen molar-refractivity contribution >= 4 is 13.8 Å². The van der Waals surface area contributed by atoms with Crippen LogP contribution in [0.4, 0.5) is 0 Å². The predicted octanol–water partition coefficient (Wildman–Crippen LogP) is -2.05. The Balaban J connectivity index is 3.88. The van der Waals surface area contributed by atoms with Gasteiger partial charge in [0.05, 0.1) is 0 Å². The maximum absolute atomic E-state index is 11.5. The average Bonchev–Trinajstić information content (AvgIpc) is 2.33. The van der Waals surface area contributed by atoms with E-state index >= 15 is 0 Å². The number of ether oxygens (including phenoxy) is 1. The van der Waals surface area contributed by atoms with E-state index in [9.17, 15) is 14.3 Å². The van der Waals surface area contributed by atoms with E-state index in [1.165, 1.54) is 6.92 Å². The fourth-order valence-corrected chi connectivity index (χ4v) is 2.28. The van der Waals surface area contributed by atoms with Gasteiger partial charge in [0.15, 0.2) is 0 Å². The molecule has 1 N–H and O–H groups in total. The fourth-order valence-electron chi connectivity index (χ4n) is 0.905. The van der Waals surface area contributed by atoms with Gasteiger partial charge in [-0.25, -0.2) is 0 Å². The van der Waals surface area contributed by atoms with Crippen molar-refractivity contribution in [2.45, 2.75) is 6.92 Å². The number of esters is 1. The van der Waals surface area contributed by atoms with Gasteiger partial charge in [0.25, 0.3) is 0 Å². The molecule has 0 rings (SSSR count). The summed E-state index contributed by atoms with van der Waals surface area (Å²) in [6, 6.07) is 0. The number of phosphoric acid groups is 1. The van der Waals surface area contributed by atoms with E-state index in [2.05, 4.69) is 11.5 Å². The Morgan fingerprint density at radius 2 is 1.85 bits per heavy atom. The Hall–Kier alpha value is 0.01000. The van der Waals surface area contributed by atoms with Crippen LogP contribution >= 0.6 is 7.82 Å². The summed E-state index contributed by atoms with van der Waals surface area (Å²) in [6.07, 6.45) is 0. The molecule has 0 aliphatic heterocycles. The van der Waals surface area contributed by atoms with Crippen LogP contribution < -0.4 is 21.5 Å². The number of hydrogen-bond acceptors (Lipinski definition) is 5. The van der Waals surface area contributed by atoms with Crippen LogP contribution in [-0.2, 0) is 23.1 Å². The van der Waals surface area contributed by atoms with Gasteiger partial charge < -0.3 is 0 Å². The maximum atomic E-state index is 11.5. The van der Waals surface area contributed by atoms with Gasteiger partial charge in [0, 0.05) is 0 Å². The molecule has 9 heteroatoms. The van der Waals surface area contributed by atoms with Gasteiger partial charge in [-0.1, -0.05) is 0 Å². The summed E-state index contributed by atoms with van der Waals surface area (Å²) in [6.45, 7) is 5.38. The molecule has 0 saturated carbocycles. The summed E-state index contributed by atoms with van der Waals surface area (Å²) in [7, 11) is -0.00712. The molecule has 1 unspecified atom stereocenters. The number of quaternary nitrogens is 1. The molecule has 0 aromatic carbocycles. The number of alkyl halides is 1. The van der Waals surface area contributed by atoms with Crippen molar-refractivity contribution in [3.8, 4) is 0 Å². The second-order valence-electron chi connectivity index (χ2n) is 4.48. The van der Waals surface area contributed by atoms with Crippen molar-refractivity contribution in [2.24, 2.45) is 0 Å². The molecular weight excluding hydrogens is 400 g/mol. The van der Waals surface area contributed by atoms with Crippen LogP contribution in [-0.4, -0.2) is 59.0 Å². The zero-order valence-corrected chi connectivity index (χ0v) is 15.3. The molecule has 0 radical (unpaired) electrons. The number of halogens is 1. The number of rotatable bonds is 10. The van der Waals surface area contributed by atoms with E-state index < -0.39 is 13.8 Å². The number of carbonyl (C=O) groups excluding carboxylic acids is 1. The Bertz CT molecular complexity index is 387.